The van der Waals surface area contributed by atoms with Gasteiger partial charge in [0.15, 0.2) is 17.7 Å². The van der Waals surface area contributed by atoms with Gasteiger partial charge in [-0.15, -0.1) is 0 Å². The molecule has 1 aliphatic carbocycles. The molecule has 16 heavy (non-hydrogen) atoms. The maximum atomic E-state index is 11.8. The molecule has 1 aromatic rings. The smallest absolute Gasteiger partial charge is 0.268 e. The standard InChI is InChI=1S/C10H10BrN3O2/c11-6-2-1-5-8(13-6)14-9(15)7(16-5)10(12)3-4-10/h1-2,7H,3-4,12H2,(H,13,14,15). The van der Waals surface area contributed by atoms with Crippen molar-refractivity contribution < 1.29 is 9.53 Å². The molecular formula is C10H10BrN3O2. The second kappa shape index (κ2) is 3.18. The van der Waals surface area contributed by atoms with Gasteiger partial charge >= 0.3 is 0 Å². The molecule has 2 aliphatic rings. The summed E-state index contributed by atoms with van der Waals surface area (Å²) in [5.74, 6) is 0.808. The maximum absolute atomic E-state index is 11.8. The number of fused-ring (bicyclic) bond motifs is 1. The number of nitrogens with two attached hydrogens (primary N) is 1. The second-order valence-corrected chi connectivity index (χ2v) is 5.01. The van der Waals surface area contributed by atoms with Crippen molar-refractivity contribution in [3.63, 3.8) is 0 Å². The summed E-state index contributed by atoms with van der Waals surface area (Å²) < 4.78 is 6.26. The van der Waals surface area contributed by atoms with Crippen LogP contribution in [0.5, 0.6) is 5.75 Å². The van der Waals surface area contributed by atoms with E-state index in [-0.39, 0.29) is 5.91 Å². The first-order valence-electron chi connectivity index (χ1n) is 5.01. The number of nitrogens with zero attached hydrogens (tertiary/aromatic N) is 1. The third kappa shape index (κ3) is 1.49. The molecule has 1 amide bonds. The number of halogens is 1. The molecule has 0 aromatic carbocycles. The van der Waals surface area contributed by atoms with E-state index < -0.39 is 11.6 Å². The number of ether oxygens (including phenoxy) is 1. The third-order valence-corrected chi connectivity index (χ3v) is 3.34. The molecule has 6 heteroatoms. The summed E-state index contributed by atoms with van der Waals surface area (Å²) in [5.41, 5.74) is 5.49. The summed E-state index contributed by atoms with van der Waals surface area (Å²) in [4.78, 5) is 15.9. The first kappa shape index (κ1) is 10.0. The van der Waals surface area contributed by atoms with Gasteiger partial charge in [0.1, 0.15) is 4.60 Å². The number of carbonyl (C=O) groups excluding carboxylic acids is 1. The van der Waals surface area contributed by atoms with Gasteiger partial charge in [0.25, 0.3) is 5.91 Å². The Labute approximate surface area is 100 Å². The van der Waals surface area contributed by atoms with Crippen LogP contribution in [0.4, 0.5) is 5.82 Å². The average molecular weight is 284 g/mol. The molecule has 0 saturated heterocycles. The predicted octanol–water partition coefficient (Wildman–Crippen LogP) is 1.03. The van der Waals surface area contributed by atoms with Crippen LogP contribution >= 0.6 is 15.9 Å². The molecule has 1 aromatic heterocycles. The zero-order valence-electron chi connectivity index (χ0n) is 8.37. The van der Waals surface area contributed by atoms with E-state index >= 15 is 0 Å². The van der Waals surface area contributed by atoms with Crippen molar-refractivity contribution in [1.82, 2.24) is 4.98 Å². The highest BCUT2D eigenvalue weighted by Crippen LogP contribution is 2.41. The van der Waals surface area contributed by atoms with E-state index in [0.717, 1.165) is 12.8 Å². The lowest BCUT2D eigenvalue weighted by molar-refractivity contribution is -0.124. The molecular weight excluding hydrogens is 274 g/mol. The highest BCUT2D eigenvalue weighted by atomic mass is 79.9. The second-order valence-electron chi connectivity index (χ2n) is 4.20. The van der Waals surface area contributed by atoms with E-state index in [0.29, 0.717) is 16.2 Å². The van der Waals surface area contributed by atoms with E-state index in [2.05, 4.69) is 26.2 Å². The van der Waals surface area contributed by atoms with Crippen LogP contribution in [-0.2, 0) is 4.79 Å². The first-order valence-corrected chi connectivity index (χ1v) is 5.81. The van der Waals surface area contributed by atoms with Crippen LogP contribution in [0.3, 0.4) is 0 Å². The predicted molar refractivity (Wildman–Crippen MR) is 61.1 cm³/mol. The molecule has 0 bridgehead atoms. The number of anilines is 1. The SMILES string of the molecule is NC1(C2Oc3ccc(Br)nc3NC2=O)CC1. The molecule has 0 radical (unpaired) electrons. The summed E-state index contributed by atoms with van der Waals surface area (Å²) in [5, 5.41) is 2.71. The molecule has 3 N–H and O–H groups in total. The monoisotopic (exact) mass is 283 g/mol. The Morgan fingerprint density at radius 1 is 1.56 bits per heavy atom. The summed E-state index contributed by atoms with van der Waals surface area (Å²) in [6, 6.07) is 3.54. The van der Waals surface area contributed by atoms with Crippen molar-refractivity contribution in [3.05, 3.63) is 16.7 Å². The number of nitrogens with one attached hydrogen (secondary N) is 1. The van der Waals surface area contributed by atoms with Crippen molar-refractivity contribution in [2.75, 3.05) is 5.32 Å². The normalized spacial score (nSPS) is 25.4. The van der Waals surface area contributed by atoms with Crippen LogP contribution in [0.15, 0.2) is 16.7 Å². The van der Waals surface area contributed by atoms with Crippen LogP contribution in [0, 0.1) is 0 Å². The Hall–Kier alpha value is -1.14. The highest BCUT2D eigenvalue weighted by molar-refractivity contribution is 9.10. The van der Waals surface area contributed by atoms with Gasteiger partial charge < -0.3 is 15.8 Å². The summed E-state index contributed by atoms with van der Waals surface area (Å²) in [7, 11) is 0. The van der Waals surface area contributed by atoms with Crippen LogP contribution in [0.25, 0.3) is 0 Å². The molecule has 1 atom stereocenters. The van der Waals surface area contributed by atoms with Crippen molar-refractivity contribution in [3.8, 4) is 5.75 Å². The number of amides is 1. The maximum Gasteiger partial charge on any atom is 0.268 e. The Kier molecular flexibility index (Phi) is 1.99. The van der Waals surface area contributed by atoms with E-state index in [4.69, 9.17) is 10.5 Å². The fourth-order valence-corrected chi connectivity index (χ4v) is 2.06. The van der Waals surface area contributed by atoms with Gasteiger partial charge in [0, 0.05) is 0 Å². The Bertz CT molecular complexity index is 473. The van der Waals surface area contributed by atoms with E-state index in [1.807, 2.05) is 0 Å². The molecule has 84 valence electrons. The lowest BCUT2D eigenvalue weighted by atomic mass is 10.1. The molecule has 1 fully saturated rings. The minimum Gasteiger partial charge on any atom is -0.475 e. The molecule has 2 heterocycles. The summed E-state index contributed by atoms with van der Waals surface area (Å²) in [6.45, 7) is 0. The number of pyridine rings is 1. The minimum absolute atomic E-state index is 0.210. The zero-order chi connectivity index (χ0) is 11.3. The fraction of sp³-hybridized carbons (Fsp3) is 0.400. The number of aromatic nitrogens is 1. The van der Waals surface area contributed by atoms with Crippen LogP contribution in [0.2, 0.25) is 0 Å². The van der Waals surface area contributed by atoms with Crippen molar-refractivity contribution in [2.45, 2.75) is 24.5 Å². The van der Waals surface area contributed by atoms with Crippen LogP contribution in [-0.4, -0.2) is 22.5 Å². The molecule has 5 nitrogen and oxygen atoms in total. The number of carbonyl (C=O) groups is 1. The van der Waals surface area contributed by atoms with Gasteiger partial charge in [-0.25, -0.2) is 4.98 Å². The van der Waals surface area contributed by atoms with Gasteiger partial charge in [-0.2, -0.15) is 0 Å². The first-order chi connectivity index (χ1) is 7.58. The van der Waals surface area contributed by atoms with E-state index in [1.165, 1.54) is 0 Å². The van der Waals surface area contributed by atoms with Crippen molar-refractivity contribution >= 4 is 27.7 Å². The highest BCUT2D eigenvalue weighted by Gasteiger charge is 2.52. The van der Waals surface area contributed by atoms with E-state index in [9.17, 15) is 4.79 Å². The summed E-state index contributed by atoms with van der Waals surface area (Å²) in [6.07, 6.45) is 1.05. The fourth-order valence-electron chi connectivity index (χ4n) is 1.75. The average Bonchev–Trinajstić information content (AvgIpc) is 2.96. The Morgan fingerprint density at radius 2 is 2.31 bits per heavy atom. The zero-order valence-corrected chi connectivity index (χ0v) is 9.95. The van der Waals surface area contributed by atoms with Gasteiger partial charge in [0.05, 0.1) is 5.54 Å². The van der Waals surface area contributed by atoms with Gasteiger partial charge in [-0.1, -0.05) is 0 Å². The Balaban J connectivity index is 1.96. The van der Waals surface area contributed by atoms with Crippen molar-refractivity contribution in [2.24, 2.45) is 5.73 Å². The van der Waals surface area contributed by atoms with E-state index in [1.54, 1.807) is 12.1 Å². The van der Waals surface area contributed by atoms with Gasteiger partial charge in [-0.05, 0) is 40.9 Å². The number of hydrogen-bond acceptors (Lipinski definition) is 4. The van der Waals surface area contributed by atoms with Gasteiger partial charge in [0.2, 0.25) is 0 Å². The van der Waals surface area contributed by atoms with Crippen molar-refractivity contribution in [1.29, 1.82) is 0 Å². The number of rotatable bonds is 1. The largest absolute Gasteiger partial charge is 0.475 e. The number of hydrogen-bond donors (Lipinski definition) is 2. The topological polar surface area (TPSA) is 77.2 Å². The lowest BCUT2D eigenvalue weighted by Gasteiger charge is -2.28. The van der Waals surface area contributed by atoms with Crippen LogP contribution < -0.4 is 15.8 Å². The molecule has 0 spiro atoms. The quantitative estimate of drug-likeness (QED) is 0.755. The molecule has 1 unspecified atom stereocenters. The minimum atomic E-state index is -0.594. The molecule has 1 aliphatic heterocycles. The van der Waals surface area contributed by atoms with Gasteiger partial charge in [-0.3, -0.25) is 4.79 Å². The molecule has 3 rings (SSSR count). The molecule has 1 saturated carbocycles. The van der Waals surface area contributed by atoms with Crippen LogP contribution in [0.1, 0.15) is 12.8 Å². The summed E-state index contributed by atoms with van der Waals surface area (Å²) >= 11 is 3.23. The lowest BCUT2D eigenvalue weighted by Crippen LogP contribution is -2.51. The third-order valence-electron chi connectivity index (χ3n) is 2.90. The Morgan fingerprint density at radius 3 is 3.00 bits per heavy atom.